The molecule has 1 aromatic rings. The maximum atomic E-state index is 12.9. The van der Waals surface area contributed by atoms with Crippen molar-refractivity contribution in [3.05, 3.63) is 35.6 Å². The summed E-state index contributed by atoms with van der Waals surface area (Å²) in [6.45, 7) is 2.87. The van der Waals surface area contributed by atoms with Crippen molar-refractivity contribution in [2.24, 2.45) is 11.7 Å². The van der Waals surface area contributed by atoms with Gasteiger partial charge in [0.1, 0.15) is 5.82 Å². The quantitative estimate of drug-likeness (QED) is 0.504. The minimum Gasteiger partial charge on any atom is -0.427 e. The molecule has 0 saturated carbocycles. The summed E-state index contributed by atoms with van der Waals surface area (Å²) in [7, 11) is -1.20. The van der Waals surface area contributed by atoms with Crippen molar-refractivity contribution in [3.63, 3.8) is 0 Å². The molecule has 1 aliphatic rings. The van der Waals surface area contributed by atoms with Crippen LogP contribution in [0.3, 0.4) is 0 Å². The van der Waals surface area contributed by atoms with E-state index < -0.39 is 7.12 Å². The smallest absolute Gasteiger partial charge is 0.427 e. The third kappa shape index (κ3) is 5.68. The van der Waals surface area contributed by atoms with Crippen molar-refractivity contribution < 1.29 is 14.4 Å². The molecule has 6 heteroatoms. The molecule has 122 valence electrons. The minimum atomic E-state index is -1.20. The number of likely N-dealkylation sites (tertiary alicyclic amines) is 1. The Hall–Kier alpha value is -0.945. The van der Waals surface area contributed by atoms with Crippen LogP contribution in [0.4, 0.5) is 4.39 Å². The molecule has 2 rings (SSSR count). The van der Waals surface area contributed by atoms with Crippen LogP contribution in [0.5, 0.6) is 0 Å². The maximum Gasteiger partial charge on any atom is 0.451 e. The molecule has 1 fully saturated rings. The fraction of sp³-hybridized carbons (Fsp3) is 0.625. The summed E-state index contributed by atoms with van der Waals surface area (Å²) < 4.78 is 12.9. The molecule has 0 amide bonds. The van der Waals surface area contributed by atoms with Crippen molar-refractivity contribution in [1.29, 1.82) is 0 Å². The summed E-state index contributed by atoms with van der Waals surface area (Å²) in [5.74, 6) is 0.303. The van der Waals surface area contributed by atoms with E-state index >= 15 is 0 Å². The van der Waals surface area contributed by atoms with Gasteiger partial charge in [-0.25, -0.2) is 4.39 Å². The summed E-state index contributed by atoms with van der Waals surface area (Å²) >= 11 is 0. The monoisotopic (exact) mass is 308 g/mol. The summed E-state index contributed by atoms with van der Waals surface area (Å²) in [5, 5.41) is 17.6. The van der Waals surface area contributed by atoms with Crippen molar-refractivity contribution >= 4 is 7.12 Å². The van der Waals surface area contributed by atoms with Crippen LogP contribution >= 0.6 is 0 Å². The van der Waals surface area contributed by atoms with Crippen LogP contribution in [0.2, 0.25) is 6.32 Å². The number of hydrogen-bond donors (Lipinski definition) is 3. The van der Waals surface area contributed by atoms with Crippen LogP contribution in [0, 0.1) is 11.7 Å². The number of hydrogen-bond acceptors (Lipinski definition) is 4. The molecule has 1 aliphatic heterocycles. The van der Waals surface area contributed by atoms with Gasteiger partial charge in [-0.15, -0.1) is 0 Å². The van der Waals surface area contributed by atoms with E-state index in [2.05, 4.69) is 4.90 Å². The number of benzene rings is 1. The van der Waals surface area contributed by atoms with Crippen molar-refractivity contribution in [1.82, 2.24) is 4.90 Å². The van der Waals surface area contributed by atoms with Crippen molar-refractivity contribution in [3.8, 4) is 0 Å². The molecule has 4 nitrogen and oxygen atoms in total. The lowest BCUT2D eigenvalue weighted by Gasteiger charge is -2.20. The SMILES string of the molecule is NC(CCCCB(O)O)C1CCN(Cc2ccc(F)cc2)C1. The standard InChI is InChI=1S/C16H26BFN2O2/c18-15-6-4-13(5-7-15)11-20-10-8-14(12-20)16(19)3-1-2-9-17(21)22/h4-7,14,16,21-22H,1-3,8-12,19H2. The Morgan fingerprint density at radius 3 is 2.68 bits per heavy atom. The van der Waals surface area contributed by atoms with Gasteiger partial charge >= 0.3 is 7.12 Å². The van der Waals surface area contributed by atoms with E-state index in [-0.39, 0.29) is 11.9 Å². The fourth-order valence-electron chi connectivity index (χ4n) is 3.15. The van der Waals surface area contributed by atoms with Crippen LogP contribution in [0.1, 0.15) is 31.2 Å². The van der Waals surface area contributed by atoms with Crippen molar-refractivity contribution in [2.45, 2.75) is 44.6 Å². The van der Waals surface area contributed by atoms with E-state index in [0.717, 1.165) is 50.9 Å². The third-order valence-corrected chi connectivity index (χ3v) is 4.48. The van der Waals surface area contributed by atoms with Crippen molar-refractivity contribution in [2.75, 3.05) is 13.1 Å². The highest BCUT2D eigenvalue weighted by atomic mass is 19.1. The highest BCUT2D eigenvalue weighted by Gasteiger charge is 2.27. The van der Waals surface area contributed by atoms with Crippen LogP contribution in [-0.4, -0.2) is 41.2 Å². The molecule has 1 aromatic carbocycles. The number of rotatable bonds is 8. The van der Waals surface area contributed by atoms with E-state index in [9.17, 15) is 4.39 Å². The molecule has 0 radical (unpaired) electrons. The Balaban J connectivity index is 1.69. The lowest BCUT2D eigenvalue weighted by Crippen LogP contribution is -2.32. The van der Waals surface area contributed by atoms with Gasteiger partial charge in [0.15, 0.2) is 0 Å². The highest BCUT2D eigenvalue weighted by molar-refractivity contribution is 6.40. The van der Waals surface area contributed by atoms with E-state index in [1.165, 1.54) is 12.1 Å². The molecular weight excluding hydrogens is 282 g/mol. The molecule has 0 aliphatic carbocycles. The Kier molecular flexibility index (Phi) is 6.83. The van der Waals surface area contributed by atoms with E-state index in [4.69, 9.17) is 15.8 Å². The molecule has 22 heavy (non-hydrogen) atoms. The first kappa shape index (κ1) is 17.4. The van der Waals surface area contributed by atoms with Gasteiger partial charge in [-0.3, -0.25) is 4.90 Å². The van der Waals surface area contributed by atoms with Gasteiger partial charge in [0.05, 0.1) is 0 Å². The summed E-state index contributed by atoms with van der Waals surface area (Å²) in [5.41, 5.74) is 7.40. The minimum absolute atomic E-state index is 0.175. The molecule has 1 saturated heterocycles. The number of halogens is 1. The molecule has 2 unspecified atom stereocenters. The lowest BCUT2D eigenvalue weighted by atomic mass is 9.82. The van der Waals surface area contributed by atoms with E-state index in [1.807, 2.05) is 12.1 Å². The van der Waals surface area contributed by atoms with E-state index in [0.29, 0.717) is 12.2 Å². The lowest BCUT2D eigenvalue weighted by molar-refractivity contribution is 0.300. The average molecular weight is 308 g/mol. The van der Waals surface area contributed by atoms with E-state index in [1.54, 1.807) is 0 Å². The molecule has 4 N–H and O–H groups in total. The average Bonchev–Trinajstić information content (AvgIpc) is 2.94. The van der Waals surface area contributed by atoms with Crippen LogP contribution in [0.25, 0.3) is 0 Å². The van der Waals surface area contributed by atoms with Gasteiger partial charge < -0.3 is 15.8 Å². The fourth-order valence-corrected chi connectivity index (χ4v) is 3.15. The predicted octanol–water partition coefficient (Wildman–Crippen LogP) is 1.62. The highest BCUT2D eigenvalue weighted by Crippen LogP contribution is 2.23. The summed E-state index contributed by atoms with van der Waals surface area (Å²) in [6, 6.07) is 6.86. The van der Waals surface area contributed by atoms with Crippen LogP contribution in [-0.2, 0) is 6.54 Å². The number of nitrogens with two attached hydrogens (primary N) is 1. The second-order valence-corrected chi connectivity index (χ2v) is 6.34. The topological polar surface area (TPSA) is 69.7 Å². The maximum absolute atomic E-state index is 12.9. The largest absolute Gasteiger partial charge is 0.451 e. The molecule has 0 spiro atoms. The van der Waals surface area contributed by atoms with Crippen LogP contribution in [0.15, 0.2) is 24.3 Å². The van der Waals surface area contributed by atoms with Gasteiger partial charge in [0, 0.05) is 19.1 Å². The zero-order valence-corrected chi connectivity index (χ0v) is 13.0. The molecular formula is C16H26BFN2O2. The Labute approximate surface area is 132 Å². The number of nitrogens with zero attached hydrogens (tertiary/aromatic N) is 1. The Morgan fingerprint density at radius 2 is 2.00 bits per heavy atom. The summed E-state index contributed by atoms with van der Waals surface area (Å²) in [4.78, 5) is 2.37. The van der Waals surface area contributed by atoms with Gasteiger partial charge in [-0.1, -0.05) is 25.0 Å². The van der Waals surface area contributed by atoms with Gasteiger partial charge in [-0.2, -0.15) is 0 Å². The molecule has 0 aromatic heterocycles. The zero-order valence-electron chi connectivity index (χ0n) is 13.0. The second-order valence-electron chi connectivity index (χ2n) is 6.34. The number of unbranched alkanes of at least 4 members (excludes halogenated alkanes) is 1. The molecule has 2 atom stereocenters. The second kappa shape index (κ2) is 8.63. The Bertz CT molecular complexity index is 444. The van der Waals surface area contributed by atoms with Gasteiger partial charge in [0.2, 0.25) is 0 Å². The predicted molar refractivity (Wildman–Crippen MR) is 86.6 cm³/mol. The first-order valence-corrected chi connectivity index (χ1v) is 8.13. The van der Waals surface area contributed by atoms with Gasteiger partial charge in [0.25, 0.3) is 0 Å². The first-order valence-electron chi connectivity index (χ1n) is 8.13. The van der Waals surface area contributed by atoms with Crippen LogP contribution < -0.4 is 5.73 Å². The third-order valence-electron chi connectivity index (χ3n) is 4.48. The summed E-state index contributed by atoms with van der Waals surface area (Å²) in [6.07, 6.45) is 4.20. The zero-order chi connectivity index (χ0) is 15.9. The Morgan fingerprint density at radius 1 is 1.27 bits per heavy atom. The first-order chi connectivity index (χ1) is 10.5. The van der Waals surface area contributed by atoms with Gasteiger partial charge in [-0.05, 0) is 49.3 Å². The molecule has 0 bridgehead atoms. The normalized spacial score (nSPS) is 20.3. The molecule has 1 heterocycles.